The van der Waals surface area contributed by atoms with Gasteiger partial charge in [-0.25, -0.2) is 9.59 Å². The van der Waals surface area contributed by atoms with E-state index in [0.717, 1.165) is 11.7 Å². The molecule has 20 heavy (non-hydrogen) atoms. The van der Waals surface area contributed by atoms with Crippen molar-refractivity contribution in [3.8, 4) is 0 Å². The minimum absolute atomic E-state index is 0.268. The molecule has 0 spiro atoms. The highest BCUT2D eigenvalue weighted by Gasteiger charge is 2.20. The highest BCUT2D eigenvalue weighted by atomic mass is 16.5. The lowest BCUT2D eigenvalue weighted by Crippen LogP contribution is -2.46. The second-order valence-corrected chi connectivity index (χ2v) is 4.03. The zero-order chi connectivity index (χ0) is 15.3. The van der Waals surface area contributed by atoms with Gasteiger partial charge in [-0.15, -0.1) is 0 Å². The standard InChI is InChI=1S/C11H15N3O6/c1-6-3-14(11(19)13-9(6)17)4-8(16)12-7(5-15)10(18)20-2/h3,7,15H,4-5H2,1-2H3,(H,12,16)(H,13,17,19)/t7-/m0/s1. The van der Waals surface area contributed by atoms with Crippen molar-refractivity contribution in [2.75, 3.05) is 13.7 Å². The normalized spacial score (nSPS) is 11.8. The third-order valence-electron chi connectivity index (χ3n) is 2.51. The molecule has 1 atom stereocenters. The van der Waals surface area contributed by atoms with Crippen LogP contribution in [0.3, 0.4) is 0 Å². The Hall–Kier alpha value is -2.42. The van der Waals surface area contributed by atoms with Crippen LogP contribution in [-0.4, -0.2) is 46.3 Å². The Morgan fingerprint density at radius 1 is 1.50 bits per heavy atom. The van der Waals surface area contributed by atoms with Gasteiger partial charge in [0.05, 0.1) is 13.7 Å². The third kappa shape index (κ3) is 3.79. The van der Waals surface area contributed by atoms with Gasteiger partial charge in [0.25, 0.3) is 5.56 Å². The Morgan fingerprint density at radius 3 is 2.70 bits per heavy atom. The number of aliphatic hydroxyl groups excluding tert-OH is 1. The largest absolute Gasteiger partial charge is 0.467 e. The molecule has 0 saturated heterocycles. The number of ether oxygens (including phenoxy) is 1. The van der Waals surface area contributed by atoms with E-state index in [1.54, 1.807) is 0 Å². The van der Waals surface area contributed by atoms with Crippen molar-refractivity contribution < 1.29 is 19.4 Å². The number of carbonyl (C=O) groups excluding carboxylic acids is 2. The summed E-state index contributed by atoms with van der Waals surface area (Å²) in [4.78, 5) is 47.5. The van der Waals surface area contributed by atoms with Crippen LogP contribution in [-0.2, 0) is 20.9 Å². The number of hydrogen-bond donors (Lipinski definition) is 3. The second kappa shape index (κ2) is 6.66. The van der Waals surface area contributed by atoms with Crippen LogP contribution in [0.4, 0.5) is 0 Å². The Bertz CT molecular complexity index is 617. The molecule has 0 fully saturated rings. The number of aromatic nitrogens is 2. The maximum atomic E-state index is 11.7. The Kier molecular flexibility index (Phi) is 5.21. The number of nitrogens with one attached hydrogen (secondary N) is 2. The number of carbonyl (C=O) groups is 2. The molecule has 0 radical (unpaired) electrons. The average molecular weight is 285 g/mol. The van der Waals surface area contributed by atoms with Crippen LogP contribution in [0.2, 0.25) is 0 Å². The molecule has 1 heterocycles. The number of nitrogens with zero attached hydrogens (tertiary/aromatic N) is 1. The van der Waals surface area contributed by atoms with E-state index in [2.05, 4.69) is 10.1 Å². The van der Waals surface area contributed by atoms with Gasteiger partial charge in [0.15, 0.2) is 6.04 Å². The molecule has 1 rings (SSSR count). The summed E-state index contributed by atoms with van der Waals surface area (Å²) in [6.07, 6.45) is 1.23. The minimum Gasteiger partial charge on any atom is -0.467 e. The average Bonchev–Trinajstić information content (AvgIpc) is 2.41. The van der Waals surface area contributed by atoms with Crippen LogP contribution in [0.25, 0.3) is 0 Å². The van der Waals surface area contributed by atoms with Gasteiger partial charge in [-0.05, 0) is 6.92 Å². The molecule has 0 bridgehead atoms. The molecule has 9 nitrogen and oxygen atoms in total. The van der Waals surface area contributed by atoms with Crippen LogP contribution in [0.15, 0.2) is 15.8 Å². The molecular formula is C11H15N3O6. The lowest BCUT2D eigenvalue weighted by atomic mass is 10.3. The van der Waals surface area contributed by atoms with E-state index in [1.807, 2.05) is 4.98 Å². The van der Waals surface area contributed by atoms with Crippen LogP contribution < -0.4 is 16.6 Å². The molecule has 0 aliphatic carbocycles. The van der Waals surface area contributed by atoms with Crippen molar-refractivity contribution in [1.82, 2.24) is 14.9 Å². The smallest absolute Gasteiger partial charge is 0.330 e. The monoisotopic (exact) mass is 285 g/mol. The second-order valence-electron chi connectivity index (χ2n) is 4.03. The fourth-order valence-electron chi connectivity index (χ4n) is 1.45. The van der Waals surface area contributed by atoms with Gasteiger partial charge in [0, 0.05) is 11.8 Å². The molecule has 9 heteroatoms. The summed E-state index contributed by atoms with van der Waals surface area (Å²) in [7, 11) is 1.12. The van der Waals surface area contributed by atoms with Crippen molar-refractivity contribution in [2.45, 2.75) is 19.5 Å². The number of esters is 1. The zero-order valence-electron chi connectivity index (χ0n) is 11.0. The molecule has 110 valence electrons. The fourth-order valence-corrected chi connectivity index (χ4v) is 1.45. The summed E-state index contributed by atoms with van der Waals surface area (Å²) >= 11 is 0. The number of aliphatic hydroxyl groups is 1. The van der Waals surface area contributed by atoms with Crippen molar-refractivity contribution >= 4 is 11.9 Å². The summed E-state index contributed by atoms with van der Waals surface area (Å²) in [5.74, 6) is -1.48. The van der Waals surface area contributed by atoms with Gasteiger partial charge >= 0.3 is 11.7 Å². The van der Waals surface area contributed by atoms with Crippen LogP contribution in [0.5, 0.6) is 0 Å². The first-order valence-corrected chi connectivity index (χ1v) is 5.67. The predicted molar refractivity (Wildman–Crippen MR) is 67.1 cm³/mol. The summed E-state index contributed by atoms with van der Waals surface area (Å²) in [6, 6.07) is -1.20. The first-order valence-electron chi connectivity index (χ1n) is 5.67. The summed E-state index contributed by atoms with van der Waals surface area (Å²) in [6.45, 7) is 0.458. The Labute approximate surface area is 113 Å². The fraction of sp³-hybridized carbons (Fsp3) is 0.455. The van der Waals surface area contributed by atoms with Crippen LogP contribution >= 0.6 is 0 Å². The zero-order valence-corrected chi connectivity index (χ0v) is 11.0. The van der Waals surface area contributed by atoms with Crippen LogP contribution in [0, 0.1) is 6.92 Å². The summed E-state index contributed by atoms with van der Waals surface area (Å²) in [5, 5.41) is 11.2. The van der Waals surface area contributed by atoms with Gasteiger partial charge in [-0.2, -0.15) is 0 Å². The minimum atomic E-state index is -1.20. The van der Waals surface area contributed by atoms with Crippen molar-refractivity contribution in [3.63, 3.8) is 0 Å². The summed E-state index contributed by atoms with van der Waals surface area (Å²) < 4.78 is 5.37. The number of H-pyrrole nitrogens is 1. The SMILES string of the molecule is COC(=O)[C@H](CO)NC(=O)Cn1cc(C)c(=O)[nH]c1=O. The lowest BCUT2D eigenvalue weighted by Gasteiger charge is -2.14. The van der Waals surface area contributed by atoms with E-state index < -0.39 is 42.3 Å². The van der Waals surface area contributed by atoms with Crippen molar-refractivity contribution in [3.05, 3.63) is 32.6 Å². The number of hydrogen-bond acceptors (Lipinski definition) is 6. The molecule has 0 unspecified atom stereocenters. The van der Waals surface area contributed by atoms with Crippen molar-refractivity contribution in [1.29, 1.82) is 0 Å². The van der Waals surface area contributed by atoms with E-state index >= 15 is 0 Å². The van der Waals surface area contributed by atoms with Gasteiger partial charge < -0.3 is 15.2 Å². The molecule has 1 amide bonds. The van der Waals surface area contributed by atoms with E-state index in [1.165, 1.54) is 13.1 Å². The van der Waals surface area contributed by atoms with E-state index in [-0.39, 0.29) is 5.56 Å². The topological polar surface area (TPSA) is 130 Å². The number of amides is 1. The number of aryl methyl sites for hydroxylation is 1. The lowest BCUT2D eigenvalue weighted by molar-refractivity contribution is -0.146. The molecule has 1 aromatic heterocycles. The third-order valence-corrected chi connectivity index (χ3v) is 2.51. The molecule has 1 aromatic rings. The first-order chi connectivity index (χ1) is 9.38. The van der Waals surface area contributed by atoms with Gasteiger partial charge in [-0.3, -0.25) is 19.1 Å². The van der Waals surface area contributed by atoms with Crippen molar-refractivity contribution in [2.24, 2.45) is 0 Å². The highest BCUT2D eigenvalue weighted by molar-refractivity contribution is 5.84. The maximum absolute atomic E-state index is 11.7. The highest BCUT2D eigenvalue weighted by Crippen LogP contribution is 1.89. The molecule has 0 aromatic carbocycles. The Balaban J connectivity index is 2.81. The molecule has 0 saturated carbocycles. The molecule has 0 aliphatic heterocycles. The summed E-state index contributed by atoms with van der Waals surface area (Å²) in [5.41, 5.74) is -1.01. The van der Waals surface area contributed by atoms with E-state index in [4.69, 9.17) is 5.11 Å². The first kappa shape index (κ1) is 15.6. The number of aromatic amines is 1. The van der Waals surface area contributed by atoms with Gasteiger partial charge in [0.2, 0.25) is 5.91 Å². The van der Waals surface area contributed by atoms with E-state index in [9.17, 15) is 19.2 Å². The number of methoxy groups -OCH3 is 1. The molecule has 0 aliphatic rings. The molecule has 3 N–H and O–H groups in total. The van der Waals surface area contributed by atoms with Gasteiger partial charge in [-0.1, -0.05) is 0 Å². The van der Waals surface area contributed by atoms with E-state index in [0.29, 0.717) is 0 Å². The van der Waals surface area contributed by atoms with Gasteiger partial charge in [0.1, 0.15) is 6.54 Å². The Morgan fingerprint density at radius 2 is 2.15 bits per heavy atom. The number of rotatable bonds is 5. The quantitative estimate of drug-likeness (QED) is 0.512. The predicted octanol–water partition coefficient (Wildman–Crippen LogP) is -2.50. The molecular weight excluding hydrogens is 270 g/mol. The maximum Gasteiger partial charge on any atom is 0.330 e. The van der Waals surface area contributed by atoms with Crippen LogP contribution in [0.1, 0.15) is 5.56 Å².